The van der Waals surface area contributed by atoms with Gasteiger partial charge in [-0.3, -0.25) is 4.79 Å². The molecule has 0 saturated carbocycles. The number of thioether (sulfide) groups is 2. The summed E-state index contributed by atoms with van der Waals surface area (Å²) in [6, 6.07) is 10.2. The van der Waals surface area contributed by atoms with E-state index in [1.54, 1.807) is 30.6 Å². The Kier molecular flexibility index (Phi) is 7.32. The van der Waals surface area contributed by atoms with Crippen LogP contribution in [-0.2, 0) is 10.5 Å². The number of carbonyl (C=O) groups is 1. The van der Waals surface area contributed by atoms with Crippen LogP contribution in [0.25, 0.3) is 0 Å². The summed E-state index contributed by atoms with van der Waals surface area (Å²) in [6.45, 7) is 0. The van der Waals surface area contributed by atoms with Crippen LogP contribution in [0.1, 0.15) is 12.0 Å². The number of amides is 1. The second-order valence-corrected chi connectivity index (χ2v) is 6.57. The summed E-state index contributed by atoms with van der Waals surface area (Å²) in [4.78, 5) is 11.0. The zero-order valence-corrected chi connectivity index (χ0v) is 12.1. The van der Waals surface area contributed by atoms with Crippen LogP contribution in [0.15, 0.2) is 30.3 Å². The number of hydrogen-bond acceptors (Lipinski definition) is 4. The fourth-order valence-electron chi connectivity index (χ4n) is 1.11. The molecule has 0 heterocycles. The van der Waals surface area contributed by atoms with E-state index in [9.17, 15) is 4.79 Å². The lowest BCUT2D eigenvalue weighted by molar-refractivity contribution is -0.120. The largest absolute Gasteiger partial charge is 0.359 e. The molecule has 0 saturated heterocycles. The Morgan fingerprint density at radius 3 is 2.65 bits per heavy atom. The zero-order valence-electron chi connectivity index (χ0n) is 9.64. The van der Waals surface area contributed by atoms with Crippen molar-refractivity contribution >= 4 is 45.2 Å². The van der Waals surface area contributed by atoms with Crippen molar-refractivity contribution in [2.75, 3.05) is 12.8 Å². The van der Waals surface area contributed by atoms with Crippen LogP contribution in [0, 0.1) is 0 Å². The van der Waals surface area contributed by atoms with Crippen molar-refractivity contribution in [3.05, 3.63) is 35.9 Å². The minimum Gasteiger partial charge on any atom is -0.359 e. The summed E-state index contributed by atoms with van der Waals surface area (Å²) >= 11 is 8.46. The molecule has 0 radical (unpaired) electrons. The highest BCUT2D eigenvalue weighted by atomic mass is 32.2. The van der Waals surface area contributed by atoms with Gasteiger partial charge in [0.15, 0.2) is 0 Å². The molecule has 0 atom stereocenters. The molecule has 92 valence electrons. The summed E-state index contributed by atoms with van der Waals surface area (Å²) < 4.78 is 0.901. The van der Waals surface area contributed by atoms with Crippen molar-refractivity contribution in [1.82, 2.24) is 5.32 Å². The molecule has 2 nitrogen and oxygen atoms in total. The van der Waals surface area contributed by atoms with E-state index in [1.807, 2.05) is 18.2 Å². The van der Waals surface area contributed by atoms with Gasteiger partial charge in [0.1, 0.15) is 3.53 Å². The van der Waals surface area contributed by atoms with Gasteiger partial charge in [0.2, 0.25) is 5.91 Å². The Balaban J connectivity index is 2.16. The van der Waals surface area contributed by atoms with Gasteiger partial charge in [0.05, 0.1) is 0 Å². The summed E-state index contributed by atoms with van der Waals surface area (Å²) in [5.41, 5.74) is 1.27. The van der Waals surface area contributed by atoms with Crippen LogP contribution in [0.2, 0.25) is 0 Å². The van der Waals surface area contributed by atoms with E-state index in [0.717, 1.165) is 15.0 Å². The van der Waals surface area contributed by atoms with Crippen LogP contribution < -0.4 is 5.32 Å². The molecule has 0 aromatic heterocycles. The highest BCUT2D eigenvalue weighted by Gasteiger charge is 2.02. The molecule has 0 unspecified atom stereocenters. The molecule has 1 aromatic carbocycles. The van der Waals surface area contributed by atoms with E-state index < -0.39 is 0 Å². The second-order valence-electron chi connectivity index (χ2n) is 3.30. The van der Waals surface area contributed by atoms with Gasteiger partial charge in [0, 0.05) is 25.0 Å². The number of nitrogens with one attached hydrogen (secondary N) is 1. The fourth-order valence-corrected chi connectivity index (χ4v) is 3.23. The molecule has 17 heavy (non-hydrogen) atoms. The van der Waals surface area contributed by atoms with Gasteiger partial charge in [0.25, 0.3) is 0 Å². The lowest BCUT2D eigenvalue weighted by Gasteiger charge is -2.03. The molecular weight excluding hydrogens is 270 g/mol. The van der Waals surface area contributed by atoms with Crippen LogP contribution in [0.4, 0.5) is 0 Å². The smallest absolute Gasteiger partial charge is 0.220 e. The quantitative estimate of drug-likeness (QED) is 0.842. The van der Waals surface area contributed by atoms with Crippen molar-refractivity contribution in [1.29, 1.82) is 0 Å². The van der Waals surface area contributed by atoms with E-state index in [1.165, 1.54) is 5.56 Å². The minimum atomic E-state index is 0.0633. The van der Waals surface area contributed by atoms with Crippen molar-refractivity contribution in [2.24, 2.45) is 0 Å². The first-order chi connectivity index (χ1) is 8.22. The van der Waals surface area contributed by atoms with Gasteiger partial charge < -0.3 is 5.32 Å². The van der Waals surface area contributed by atoms with Crippen molar-refractivity contribution in [2.45, 2.75) is 12.2 Å². The average Bonchev–Trinajstić information content (AvgIpc) is 2.37. The Hall–Kier alpha value is -0.520. The van der Waals surface area contributed by atoms with Crippen molar-refractivity contribution in [3.63, 3.8) is 0 Å². The highest BCUT2D eigenvalue weighted by molar-refractivity contribution is 8.46. The summed E-state index contributed by atoms with van der Waals surface area (Å²) in [5.74, 6) is 1.71. The normalized spacial score (nSPS) is 9.94. The minimum absolute atomic E-state index is 0.0633. The lowest BCUT2D eigenvalue weighted by Crippen LogP contribution is -2.18. The average molecular weight is 285 g/mol. The maximum atomic E-state index is 11.0. The van der Waals surface area contributed by atoms with Gasteiger partial charge in [-0.25, -0.2) is 0 Å². The van der Waals surface area contributed by atoms with Crippen molar-refractivity contribution in [3.8, 4) is 0 Å². The second kappa shape index (κ2) is 8.55. The Morgan fingerprint density at radius 2 is 2.00 bits per heavy atom. The first-order valence-electron chi connectivity index (χ1n) is 5.26. The monoisotopic (exact) mass is 285 g/mol. The van der Waals surface area contributed by atoms with Crippen LogP contribution in [0.5, 0.6) is 0 Å². The number of hydrogen-bond donors (Lipinski definition) is 1. The van der Waals surface area contributed by atoms with Gasteiger partial charge in [-0.15, -0.1) is 23.5 Å². The molecule has 1 N–H and O–H groups in total. The highest BCUT2D eigenvalue weighted by Crippen LogP contribution is 2.22. The fraction of sp³-hybridized carbons (Fsp3) is 0.333. The predicted octanol–water partition coefficient (Wildman–Crippen LogP) is 3.07. The zero-order chi connectivity index (χ0) is 12.5. The van der Waals surface area contributed by atoms with E-state index in [-0.39, 0.29) is 5.91 Å². The summed E-state index contributed by atoms with van der Waals surface area (Å²) in [7, 11) is 1.65. The maximum Gasteiger partial charge on any atom is 0.220 e. The Morgan fingerprint density at radius 1 is 1.29 bits per heavy atom. The van der Waals surface area contributed by atoms with Gasteiger partial charge in [-0.2, -0.15) is 0 Å². The molecule has 0 spiro atoms. The topological polar surface area (TPSA) is 29.1 Å². The third-order valence-corrected chi connectivity index (χ3v) is 4.80. The summed E-state index contributed by atoms with van der Waals surface area (Å²) in [5, 5.41) is 2.59. The molecule has 1 aromatic rings. The Bertz CT molecular complexity index is 367. The van der Waals surface area contributed by atoms with Crippen LogP contribution >= 0.6 is 35.7 Å². The van der Waals surface area contributed by atoms with Gasteiger partial charge in [-0.1, -0.05) is 42.5 Å². The SMILES string of the molecule is CNC(=O)CCSC(=S)SCc1ccccc1. The maximum absolute atomic E-state index is 11.0. The number of carbonyl (C=O) groups excluding carboxylic acids is 1. The van der Waals surface area contributed by atoms with E-state index >= 15 is 0 Å². The molecule has 1 rings (SSSR count). The first kappa shape index (κ1) is 14.5. The molecule has 5 heteroatoms. The van der Waals surface area contributed by atoms with Gasteiger partial charge in [-0.05, 0) is 5.56 Å². The molecule has 1 amide bonds. The third kappa shape index (κ3) is 6.71. The standard InChI is InChI=1S/C12H15NOS3/c1-13-11(14)7-8-16-12(15)17-9-10-5-3-2-4-6-10/h2-6H,7-9H2,1H3,(H,13,14). The van der Waals surface area contributed by atoms with Crippen LogP contribution in [-0.4, -0.2) is 22.2 Å². The number of rotatable bonds is 5. The number of thiocarbonyl (C=S) groups is 1. The van der Waals surface area contributed by atoms with E-state index in [0.29, 0.717) is 6.42 Å². The molecule has 0 bridgehead atoms. The third-order valence-electron chi connectivity index (χ3n) is 2.03. The van der Waals surface area contributed by atoms with E-state index in [4.69, 9.17) is 12.2 Å². The van der Waals surface area contributed by atoms with Crippen LogP contribution in [0.3, 0.4) is 0 Å². The molecular formula is C12H15NOS3. The van der Waals surface area contributed by atoms with E-state index in [2.05, 4.69) is 17.4 Å². The van der Waals surface area contributed by atoms with Gasteiger partial charge >= 0.3 is 0 Å². The summed E-state index contributed by atoms with van der Waals surface area (Å²) in [6.07, 6.45) is 0.521. The molecule has 0 aliphatic rings. The molecule has 0 fully saturated rings. The number of benzene rings is 1. The predicted molar refractivity (Wildman–Crippen MR) is 81.5 cm³/mol. The first-order valence-corrected chi connectivity index (χ1v) is 7.64. The van der Waals surface area contributed by atoms with Crippen molar-refractivity contribution < 1.29 is 4.79 Å². The molecule has 0 aliphatic heterocycles. The molecule has 0 aliphatic carbocycles. The lowest BCUT2D eigenvalue weighted by atomic mass is 10.2. The Labute approximate surface area is 116 Å².